The van der Waals surface area contributed by atoms with E-state index < -0.39 is 29.4 Å². The molecule has 2 amide bonds. The summed E-state index contributed by atoms with van der Waals surface area (Å²) in [4.78, 5) is 29.7. The largest absolute Gasteiger partial charge is 0.413 e. The van der Waals surface area contributed by atoms with Crippen LogP contribution in [0.2, 0.25) is 0 Å². The van der Waals surface area contributed by atoms with Crippen molar-refractivity contribution in [2.45, 2.75) is 39.3 Å². The molecule has 9 heteroatoms. The monoisotopic (exact) mass is 447 g/mol. The normalized spacial score (nSPS) is 12.6. The summed E-state index contributed by atoms with van der Waals surface area (Å²) in [5, 5.41) is 6.06. The van der Waals surface area contributed by atoms with Crippen LogP contribution in [-0.4, -0.2) is 23.0 Å². The molecule has 6 nitrogen and oxygen atoms in total. The minimum Gasteiger partial charge on any atom is -0.410 e. The van der Waals surface area contributed by atoms with Crippen LogP contribution in [0.3, 0.4) is 0 Å². The molecule has 164 valence electrons. The number of aromatic nitrogens is 1. The van der Waals surface area contributed by atoms with E-state index in [0.717, 1.165) is 0 Å². The fourth-order valence-corrected chi connectivity index (χ4v) is 3.95. The maximum atomic E-state index is 13.5. The standard InChI is InChI=1S/C22H23F2N3O3S/c1-12(2)18(26-21(29)30-15-8-5-13(23)6-9-15)19(28)27-22(3,4)20-25-16-10-7-14(24)11-17(16)31-20/h5-12,18H,1-4H3,(H,26,29)(H,27,28)/t18-/m0/s1. The van der Waals surface area contributed by atoms with E-state index in [1.807, 2.05) is 0 Å². The molecule has 0 bridgehead atoms. The van der Waals surface area contributed by atoms with Gasteiger partial charge in [0.05, 0.1) is 15.8 Å². The average molecular weight is 448 g/mol. The molecule has 0 spiro atoms. The third-order valence-electron chi connectivity index (χ3n) is 4.57. The summed E-state index contributed by atoms with van der Waals surface area (Å²) in [6.45, 7) is 7.14. The first-order chi connectivity index (χ1) is 14.5. The number of nitrogens with zero attached hydrogens (tertiary/aromatic N) is 1. The molecular weight excluding hydrogens is 424 g/mol. The number of halogens is 2. The highest BCUT2D eigenvalue weighted by molar-refractivity contribution is 7.18. The number of hydrogen-bond donors (Lipinski definition) is 2. The van der Waals surface area contributed by atoms with Crippen LogP contribution in [0.4, 0.5) is 13.6 Å². The maximum Gasteiger partial charge on any atom is 0.413 e. The molecule has 1 aromatic heterocycles. The van der Waals surface area contributed by atoms with Gasteiger partial charge in [-0.05, 0) is 62.2 Å². The Morgan fingerprint density at radius 3 is 2.35 bits per heavy atom. The number of carbonyl (C=O) groups is 2. The number of thiazole rings is 1. The molecule has 31 heavy (non-hydrogen) atoms. The van der Waals surface area contributed by atoms with Crippen molar-refractivity contribution in [3.63, 3.8) is 0 Å². The van der Waals surface area contributed by atoms with Crippen LogP contribution in [0.15, 0.2) is 42.5 Å². The number of carbonyl (C=O) groups excluding carboxylic acids is 2. The Bertz CT molecular complexity index is 1100. The third-order valence-corrected chi connectivity index (χ3v) is 5.91. The van der Waals surface area contributed by atoms with Gasteiger partial charge in [-0.1, -0.05) is 13.8 Å². The lowest BCUT2D eigenvalue weighted by Gasteiger charge is -2.28. The Labute approximate surface area is 182 Å². The molecule has 1 heterocycles. The van der Waals surface area contributed by atoms with E-state index >= 15 is 0 Å². The predicted molar refractivity (Wildman–Crippen MR) is 115 cm³/mol. The van der Waals surface area contributed by atoms with Gasteiger partial charge < -0.3 is 15.4 Å². The third kappa shape index (κ3) is 5.55. The highest BCUT2D eigenvalue weighted by Gasteiger charge is 2.32. The van der Waals surface area contributed by atoms with Crippen molar-refractivity contribution < 1.29 is 23.1 Å². The first-order valence-electron chi connectivity index (χ1n) is 9.67. The van der Waals surface area contributed by atoms with E-state index in [2.05, 4.69) is 15.6 Å². The molecule has 0 radical (unpaired) electrons. The van der Waals surface area contributed by atoms with Crippen molar-refractivity contribution in [2.75, 3.05) is 0 Å². The fraction of sp³-hybridized carbons (Fsp3) is 0.318. The Morgan fingerprint density at radius 1 is 1.06 bits per heavy atom. The molecule has 2 N–H and O–H groups in total. The number of rotatable bonds is 6. The van der Waals surface area contributed by atoms with Crippen LogP contribution in [0.1, 0.15) is 32.7 Å². The Morgan fingerprint density at radius 2 is 1.71 bits per heavy atom. The summed E-state index contributed by atoms with van der Waals surface area (Å²) in [5.41, 5.74) is -0.211. The van der Waals surface area contributed by atoms with Crippen molar-refractivity contribution in [3.8, 4) is 5.75 Å². The van der Waals surface area contributed by atoms with Crippen LogP contribution in [0.5, 0.6) is 5.75 Å². The van der Waals surface area contributed by atoms with E-state index in [0.29, 0.717) is 15.2 Å². The SMILES string of the molecule is CC(C)[C@H](NC(=O)Oc1ccc(F)cc1)C(=O)NC(C)(C)c1nc2ccc(F)cc2s1. The summed E-state index contributed by atoms with van der Waals surface area (Å²) >= 11 is 1.29. The zero-order valence-electron chi connectivity index (χ0n) is 17.5. The number of amides is 2. The first-order valence-corrected chi connectivity index (χ1v) is 10.5. The Kier molecular flexibility index (Phi) is 6.54. The topological polar surface area (TPSA) is 80.3 Å². The number of nitrogens with one attached hydrogen (secondary N) is 2. The predicted octanol–water partition coefficient (Wildman–Crippen LogP) is 4.74. The molecule has 0 fully saturated rings. The highest BCUT2D eigenvalue weighted by atomic mass is 32.1. The van der Waals surface area contributed by atoms with Gasteiger partial charge in [-0.25, -0.2) is 18.6 Å². The average Bonchev–Trinajstić information content (AvgIpc) is 3.11. The number of benzene rings is 2. The fourth-order valence-electron chi connectivity index (χ4n) is 2.91. The first kappa shape index (κ1) is 22.6. The smallest absolute Gasteiger partial charge is 0.410 e. The number of hydrogen-bond acceptors (Lipinski definition) is 5. The Balaban J connectivity index is 1.71. The second kappa shape index (κ2) is 8.97. The van der Waals surface area contributed by atoms with Gasteiger partial charge in [-0.2, -0.15) is 0 Å². The summed E-state index contributed by atoms with van der Waals surface area (Å²) in [7, 11) is 0. The lowest BCUT2D eigenvalue weighted by Crippen LogP contribution is -2.54. The molecule has 0 unspecified atom stereocenters. The molecule has 0 saturated carbocycles. The van der Waals surface area contributed by atoms with Crippen molar-refractivity contribution in [1.82, 2.24) is 15.6 Å². The second-order valence-electron chi connectivity index (χ2n) is 7.95. The van der Waals surface area contributed by atoms with Gasteiger partial charge in [0.2, 0.25) is 5.91 Å². The lowest BCUT2D eigenvalue weighted by atomic mass is 10.0. The zero-order valence-corrected chi connectivity index (χ0v) is 18.3. The Hall–Kier alpha value is -3.07. The van der Waals surface area contributed by atoms with Gasteiger partial charge >= 0.3 is 6.09 Å². The van der Waals surface area contributed by atoms with Crippen LogP contribution >= 0.6 is 11.3 Å². The molecule has 0 aliphatic heterocycles. The summed E-state index contributed by atoms with van der Waals surface area (Å²) in [6, 6.07) is 8.42. The number of ether oxygens (including phenoxy) is 1. The molecule has 2 aromatic carbocycles. The molecule has 0 aliphatic carbocycles. The molecule has 1 atom stereocenters. The van der Waals surface area contributed by atoms with E-state index in [-0.39, 0.29) is 17.5 Å². The van der Waals surface area contributed by atoms with Crippen molar-refractivity contribution in [2.24, 2.45) is 5.92 Å². The van der Waals surface area contributed by atoms with Crippen molar-refractivity contribution in [3.05, 3.63) is 59.1 Å². The van der Waals surface area contributed by atoms with E-state index in [1.54, 1.807) is 33.8 Å². The zero-order chi connectivity index (χ0) is 22.8. The molecule has 3 aromatic rings. The summed E-state index contributed by atoms with van der Waals surface area (Å²) in [6.07, 6.45) is -0.825. The van der Waals surface area contributed by atoms with E-state index in [4.69, 9.17) is 4.74 Å². The van der Waals surface area contributed by atoms with E-state index in [1.165, 1.54) is 47.7 Å². The van der Waals surface area contributed by atoms with Gasteiger partial charge in [-0.3, -0.25) is 4.79 Å². The maximum absolute atomic E-state index is 13.5. The van der Waals surface area contributed by atoms with E-state index in [9.17, 15) is 18.4 Å². The van der Waals surface area contributed by atoms with Crippen molar-refractivity contribution in [1.29, 1.82) is 0 Å². The number of fused-ring (bicyclic) bond motifs is 1. The van der Waals surface area contributed by atoms with Crippen molar-refractivity contribution >= 4 is 33.6 Å². The molecule has 0 saturated heterocycles. The molecule has 0 aliphatic rings. The van der Waals surface area contributed by atoms with Gasteiger partial charge in [0.1, 0.15) is 28.4 Å². The van der Waals surface area contributed by atoms with Gasteiger partial charge in [0.15, 0.2) is 0 Å². The molecule has 3 rings (SSSR count). The quantitative estimate of drug-likeness (QED) is 0.572. The van der Waals surface area contributed by atoms with Crippen LogP contribution in [-0.2, 0) is 10.3 Å². The lowest BCUT2D eigenvalue weighted by molar-refractivity contribution is -0.125. The van der Waals surface area contributed by atoms with Gasteiger partial charge in [0, 0.05) is 0 Å². The second-order valence-corrected chi connectivity index (χ2v) is 8.99. The molecular formula is C22H23F2N3O3S. The summed E-state index contributed by atoms with van der Waals surface area (Å²) < 4.78 is 32.3. The summed E-state index contributed by atoms with van der Waals surface area (Å²) in [5.74, 6) is -1.30. The minimum atomic E-state index is -0.876. The van der Waals surface area contributed by atoms with Crippen LogP contribution in [0, 0.1) is 17.6 Å². The highest BCUT2D eigenvalue weighted by Crippen LogP contribution is 2.30. The van der Waals surface area contributed by atoms with Crippen LogP contribution < -0.4 is 15.4 Å². The minimum absolute atomic E-state index is 0.156. The van der Waals surface area contributed by atoms with Gasteiger partial charge in [0.25, 0.3) is 0 Å². The van der Waals surface area contributed by atoms with Gasteiger partial charge in [-0.15, -0.1) is 11.3 Å². The van der Waals surface area contributed by atoms with Crippen LogP contribution in [0.25, 0.3) is 10.2 Å².